The smallest absolute Gasteiger partial charge is 0.335 e. The summed E-state index contributed by atoms with van der Waals surface area (Å²) in [7, 11) is 0. The lowest BCUT2D eigenvalue weighted by Crippen LogP contribution is -2.54. The molecule has 0 radical (unpaired) electrons. The number of nitrogens with one attached hydrogen (secondary N) is 1. The molecule has 2 aliphatic heterocycles. The van der Waals surface area contributed by atoms with E-state index in [4.69, 9.17) is 9.47 Å². The van der Waals surface area contributed by atoms with Gasteiger partial charge < -0.3 is 14.6 Å². The topological polar surface area (TPSA) is 105 Å². The summed E-state index contributed by atoms with van der Waals surface area (Å²) in [4.78, 5) is 39.5. The fraction of sp³-hybridized carbons (Fsp3) is 0.346. The lowest BCUT2D eigenvalue weighted by Gasteiger charge is -2.28. The number of anilines is 1. The van der Waals surface area contributed by atoms with Crippen molar-refractivity contribution < 1.29 is 29.0 Å². The second-order valence-electron chi connectivity index (χ2n) is 10.5. The van der Waals surface area contributed by atoms with Crippen molar-refractivity contribution in [3.8, 4) is 17.2 Å². The molecule has 0 spiro atoms. The highest BCUT2D eigenvalue weighted by atomic mass is 16.7. The van der Waals surface area contributed by atoms with Gasteiger partial charge in [-0.2, -0.15) is 0 Å². The van der Waals surface area contributed by atoms with Gasteiger partial charge >= 0.3 is 6.03 Å². The number of phenolic OH excluding ortho intramolecular Hbond substituents is 1. The summed E-state index contributed by atoms with van der Waals surface area (Å²) in [5.74, 6) is -0.429. The molecule has 8 heteroatoms. The molecule has 1 fully saturated rings. The van der Waals surface area contributed by atoms with Gasteiger partial charge in [-0.15, -0.1) is 0 Å². The fourth-order valence-corrected chi connectivity index (χ4v) is 3.97. The maximum absolute atomic E-state index is 13.3. The van der Waals surface area contributed by atoms with Gasteiger partial charge in [0, 0.05) is 17.2 Å². The average molecular weight is 465 g/mol. The monoisotopic (exact) mass is 464 g/mol. The van der Waals surface area contributed by atoms with Crippen molar-refractivity contribution in [1.82, 2.24) is 5.32 Å². The molecule has 0 saturated carbocycles. The van der Waals surface area contributed by atoms with E-state index in [-0.39, 0.29) is 34.6 Å². The van der Waals surface area contributed by atoms with Crippen LogP contribution in [0.1, 0.15) is 58.2 Å². The first kappa shape index (κ1) is 23.4. The Morgan fingerprint density at radius 1 is 0.912 bits per heavy atom. The molecule has 4 amide bonds. The van der Waals surface area contributed by atoms with E-state index in [0.717, 1.165) is 4.90 Å². The molecule has 0 aromatic heterocycles. The number of amides is 4. The molecule has 2 heterocycles. The van der Waals surface area contributed by atoms with Gasteiger partial charge in [-0.05, 0) is 46.7 Å². The number of ether oxygens (including phenoxy) is 2. The molecule has 0 aliphatic carbocycles. The van der Waals surface area contributed by atoms with Crippen LogP contribution in [0.15, 0.2) is 35.9 Å². The van der Waals surface area contributed by atoms with Crippen LogP contribution in [0.2, 0.25) is 0 Å². The third-order valence-electron chi connectivity index (χ3n) is 5.78. The number of hydrogen-bond donors (Lipinski definition) is 2. The highest BCUT2D eigenvalue weighted by Gasteiger charge is 2.38. The number of urea groups is 1. The second-order valence-corrected chi connectivity index (χ2v) is 10.5. The number of phenols is 1. The summed E-state index contributed by atoms with van der Waals surface area (Å²) in [5, 5.41) is 13.2. The van der Waals surface area contributed by atoms with E-state index in [1.165, 1.54) is 12.1 Å². The molecule has 178 valence electrons. The molecule has 8 nitrogen and oxygen atoms in total. The van der Waals surface area contributed by atoms with Crippen molar-refractivity contribution in [3.05, 3.63) is 52.6 Å². The van der Waals surface area contributed by atoms with Gasteiger partial charge in [0.25, 0.3) is 11.8 Å². The van der Waals surface area contributed by atoms with Crippen LogP contribution in [0.5, 0.6) is 17.2 Å². The third-order valence-corrected chi connectivity index (χ3v) is 5.78. The van der Waals surface area contributed by atoms with Crippen LogP contribution in [-0.2, 0) is 20.4 Å². The van der Waals surface area contributed by atoms with Crippen molar-refractivity contribution >= 4 is 29.6 Å². The number of aromatic hydroxyl groups is 1. The molecular formula is C26H28N2O6. The van der Waals surface area contributed by atoms with Gasteiger partial charge in [0.1, 0.15) is 11.3 Å². The number of rotatable bonds is 2. The lowest BCUT2D eigenvalue weighted by molar-refractivity contribution is -0.122. The molecule has 2 aromatic rings. The Hall–Kier alpha value is -3.81. The summed E-state index contributed by atoms with van der Waals surface area (Å²) in [6.07, 6.45) is 1.45. The first-order valence-electron chi connectivity index (χ1n) is 11.0. The molecule has 34 heavy (non-hydrogen) atoms. The SMILES string of the molecule is CC(C)(C)c1cc(C=C2C(=O)NC(=O)N(c3ccc4c(c3)OCO4)C2=O)cc(C(C)(C)C)c1O. The van der Waals surface area contributed by atoms with Gasteiger partial charge in [-0.1, -0.05) is 41.5 Å². The number of carbonyl (C=O) groups excluding carboxylic acids is 3. The Morgan fingerprint density at radius 2 is 1.50 bits per heavy atom. The van der Waals surface area contributed by atoms with E-state index in [9.17, 15) is 19.5 Å². The molecule has 1 saturated heterocycles. The van der Waals surface area contributed by atoms with E-state index in [0.29, 0.717) is 28.2 Å². The van der Waals surface area contributed by atoms with Gasteiger partial charge in [0.15, 0.2) is 11.5 Å². The zero-order valence-corrected chi connectivity index (χ0v) is 20.1. The predicted octanol–water partition coefficient (Wildman–Crippen LogP) is 4.38. The quantitative estimate of drug-likeness (QED) is 0.505. The van der Waals surface area contributed by atoms with Crippen molar-refractivity contribution in [2.75, 3.05) is 11.7 Å². The van der Waals surface area contributed by atoms with Crippen molar-refractivity contribution in [3.63, 3.8) is 0 Å². The zero-order chi connectivity index (χ0) is 25.0. The van der Waals surface area contributed by atoms with Crippen molar-refractivity contribution in [1.29, 1.82) is 0 Å². The van der Waals surface area contributed by atoms with Gasteiger partial charge in [-0.25, -0.2) is 9.69 Å². The molecule has 2 aromatic carbocycles. The van der Waals surface area contributed by atoms with E-state index in [1.54, 1.807) is 24.3 Å². The van der Waals surface area contributed by atoms with E-state index in [2.05, 4.69) is 5.32 Å². The van der Waals surface area contributed by atoms with Gasteiger partial charge in [0.05, 0.1) is 5.69 Å². The van der Waals surface area contributed by atoms with E-state index < -0.39 is 17.8 Å². The number of carbonyl (C=O) groups is 3. The van der Waals surface area contributed by atoms with Crippen LogP contribution in [0.4, 0.5) is 10.5 Å². The largest absolute Gasteiger partial charge is 0.507 e. The Kier molecular flexibility index (Phi) is 5.43. The average Bonchev–Trinajstić information content (AvgIpc) is 3.18. The Labute approximate surface area is 198 Å². The van der Waals surface area contributed by atoms with Crippen LogP contribution in [0.3, 0.4) is 0 Å². The maximum Gasteiger partial charge on any atom is 0.335 e. The first-order valence-corrected chi connectivity index (χ1v) is 11.0. The van der Waals surface area contributed by atoms with Gasteiger partial charge in [0.2, 0.25) is 6.79 Å². The second kappa shape index (κ2) is 7.90. The fourth-order valence-electron chi connectivity index (χ4n) is 3.97. The summed E-state index contributed by atoms with van der Waals surface area (Å²) in [6, 6.07) is 7.35. The first-order chi connectivity index (χ1) is 15.8. The van der Waals surface area contributed by atoms with Crippen LogP contribution >= 0.6 is 0 Å². The lowest BCUT2D eigenvalue weighted by atomic mass is 9.78. The molecule has 0 unspecified atom stereocenters. The predicted molar refractivity (Wildman–Crippen MR) is 127 cm³/mol. The molecule has 0 bridgehead atoms. The molecule has 2 N–H and O–H groups in total. The zero-order valence-electron chi connectivity index (χ0n) is 20.1. The number of barbiturate groups is 1. The van der Waals surface area contributed by atoms with Crippen molar-refractivity contribution in [2.24, 2.45) is 0 Å². The highest BCUT2D eigenvalue weighted by molar-refractivity contribution is 6.39. The molecular weight excluding hydrogens is 436 g/mol. The Balaban J connectivity index is 1.81. The third kappa shape index (κ3) is 4.11. The van der Waals surface area contributed by atoms with Gasteiger partial charge in [-0.3, -0.25) is 14.9 Å². The van der Waals surface area contributed by atoms with Crippen LogP contribution < -0.4 is 19.7 Å². The number of imide groups is 2. The van der Waals surface area contributed by atoms with Crippen LogP contribution in [0.25, 0.3) is 6.08 Å². The number of hydrogen-bond acceptors (Lipinski definition) is 6. The number of nitrogens with zero attached hydrogens (tertiary/aromatic N) is 1. The summed E-state index contributed by atoms with van der Waals surface area (Å²) in [6.45, 7) is 11.9. The maximum atomic E-state index is 13.3. The number of fused-ring (bicyclic) bond motifs is 1. The Morgan fingerprint density at radius 3 is 2.09 bits per heavy atom. The summed E-state index contributed by atoms with van der Waals surface area (Å²) >= 11 is 0. The number of benzene rings is 2. The highest BCUT2D eigenvalue weighted by Crippen LogP contribution is 2.41. The Bertz CT molecular complexity index is 1210. The molecule has 4 rings (SSSR count). The minimum Gasteiger partial charge on any atom is -0.507 e. The van der Waals surface area contributed by atoms with E-state index >= 15 is 0 Å². The molecule has 2 aliphatic rings. The summed E-state index contributed by atoms with van der Waals surface area (Å²) in [5.41, 5.74) is 1.26. The minimum atomic E-state index is -0.845. The minimum absolute atomic E-state index is 0.0512. The standard InChI is InChI=1S/C26H28N2O6/c1-25(2,3)17-10-14(11-18(21(17)29)26(4,5)6)9-16-22(30)27-24(32)28(23(16)31)15-7-8-19-20(12-15)34-13-33-19/h7-12,29H,13H2,1-6H3,(H,27,30,32). The van der Waals surface area contributed by atoms with Crippen LogP contribution in [0, 0.1) is 0 Å². The van der Waals surface area contributed by atoms with Crippen LogP contribution in [-0.4, -0.2) is 29.7 Å². The summed E-state index contributed by atoms with van der Waals surface area (Å²) < 4.78 is 10.6. The van der Waals surface area contributed by atoms with E-state index in [1.807, 2.05) is 41.5 Å². The molecule has 0 atom stereocenters. The normalized spacial score (nSPS) is 17.4. The van der Waals surface area contributed by atoms with Crippen molar-refractivity contribution in [2.45, 2.75) is 52.4 Å².